The van der Waals surface area contributed by atoms with Crippen molar-refractivity contribution in [3.05, 3.63) is 70.9 Å². The Morgan fingerprint density at radius 2 is 1.96 bits per heavy atom. The number of fused-ring (bicyclic) bond motifs is 3. The standard InChI is InChI=1S/C19H17N5O2/c1-23-19(26)18-15(11-22-23)14-6-2-3-7-16(14)24(18)12-17(25)21-10-13-5-4-8-20-9-13/h2-9,11H,10,12H2,1H3,(H,21,25). The molecule has 0 saturated heterocycles. The molecule has 0 radical (unpaired) electrons. The first-order chi connectivity index (χ1) is 12.6. The summed E-state index contributed by atoms with van der Waals surface area (Å²) in [7, 11) is 1.60. The molecule has 26 heavy (non-hydrogen) atoms. The van der Waals surface area contributed by atoms with Crippen molar-refractivity contribution in [2.45, 2.75) is 13.1 Å². The summed E-state index contributed by atoms with van der Waals surface area (Å²) in [6.45, 7) is 0.451. The molecule has 1 amide bonds. The van der Waals surface area contributed by atoms with Crippen LogP contribution in [0.4, 0.5) is 0 Å². The Morgan fingerprint density at radius 3 is 2.77 bits per heavy atom. The van der Waals surface area contributed by atoms with Crippen molar-refractivity contribution >= 4 is 27.7 Å². The predicted molar refractivity (Wildman–Crippen MR) is 98.6 cm³/mol. The Labute approximate surface area is 148 Å². The largest absolute Gasteiger partial charge is 0.350 e. The highest BCUT2D eigenvalue weighted by Crippen LogP contribution is 2.25. The zero-order chi connectivity index (χ0) is 18.1. The highest BCUT2D eigenvalue weighted by atomic mass is 16.2. The fourth-order valence-corrected chi connectivity index (χ4v) is 3.11. The number of aryl methyl sites for hydroxylation is 1. The van der Waals surface area contributed by atoms with E-state index < -0.39 is 0 Å². The summed E-state index contributed by atoms with van der Waals surface area (Å²) in [5.74, 6) is -0.171. The summed E-state index contributed by atoms with van der Waals surface area (Å²) >= 11 is 0. The van der Waals surface area contributed by atoms with Crippen molar-refractivity contribution < 1.29 is 4.79 Å². The zero-order valence-electron chi connectivity index (χ0n) is 14.2. The Hall–Kier alpha value is -3.48. The molecule has 4 rings (SSSR count). The summed E-state index contributed by atoms with van der Waals surface area (Å²) in [4.78, 5) is 29.1. The van der Waals surface area contributed by atoms with Gasteiger partial charge in [0.1, 0.15) is 12.1 Å². The van der Waals surface area contributed by atoms with Crippen LogP contribution in [0.2, 0.25) is 0 Å². The molecule has 0 fully saturated rings. The lowest BCUT2D eigenvalue weighted by Crippen LogP contribution is -2.29. The van der Waals surface area contributed by atoms with Crippen molar-refractivity contribution in [3.8, 4) is 0 Å². The molecular formula is C19H17N5O2. The average molecular weight is 347 g/mol. The van der Waals surface area contributed by atoms with Crippen LogP contribution in [0.15, 0.2) is 59.8 Å². The van der Waals surface area contributed by atoms with Gasteiger partial charge in [-0.15, -0.1) is 0 Å². The van der Waals surface area contributed by atoms with Gasteiger partial charge in [0.2, 0.25) is 5.91 Å². The molecule has 1 N–H and O–H groups in total. The Kier molecular flexibility index (Phi) is 3.96. The van der Waals surface area contributed by atoms with Crippen LogP contribution in [0.25, 0.3) is 21.8 Å². The van der Waals surface area contributed by atoms with Crippen LogP contribution in [-0.4, -0.2) is 25.2 Å². The van der Waals surface area contributed by atoms with Crippen LogP contribution in [-0.2, 0) is 24.9 Å². The van der Waals surface area contributed by atoms with Crippen LogP contribution < -0.4 is 10.9 Å². The van der Waals surface area contributed by atoms with E-state index in [-0.39, 0.29) is 18.0 Å². The van der Waals surface area contributed by atoms with Gasteiger partial charge in [-0.2, -0.15) is 5.10 Å². The number of nitrogens with one attached hydrogen (secondary N) is 1. The lowest BCUT2D eigenvalue weighted by atomic mass is 10.2. The summed E-state index contributed by atoms with van der Waals surface area (Å²) in [6, 6.07) is 11.4. The molecule has 0 spiro atoms. The second kappa shape index (κ2) is 6.44. The molecule has 3 aromatic heterocycles. The molecule has 7 nitrogen and oxygen atoms in total. The predicted octanol–water partition coefficient (Wildman–Crippen LogP) is 1.60. The topological polar surface area (TPSA) is 81.8 Å². The molecule has 1 aromatic carbocycles. The maximum atomic E-state index is 12.6. The number of aromatic nitrogens is 4. The van der Waals surface area contributed by atoms with Crippen LogP contribution >= 0.6 is 0 Å². The number of amides is 1. The number of rotatable bonds is 4. The third-order valence-corrected chi connectivity index (χ3v) is 4.38. The van der Waals surface area contributed by atoms with Gasteiger partial charge in [0.15, 0.2) is 0 Å². The number of pyridine rings is 1. The quantitative estimate of drug-likeness (QED) is 0.608. The number of para-hydroxylation sites is 1. The highest BCUT2D eigenvalue weighted by Gasteiger charge is 2.16. The summed E-state index contributed by atoms with van der Waals surface area (Å²) < 4.78 is 3.04. The summed E-state index contributed by atoms with van der Waals surface area (Å²) in [5, 5.41) is 8.65. The first kappa shape index (κ1) is 16.0. The van der Waals surface area contributed by atoms with Gasteiger partial charge >= 0.3 is 0 Å². The third kappa shape index (κ3) is 2.73. The molecule has 0 saturated carbocycles. The van der Waals surface area contributed by atoms with Gasteiger partial charge in [0, 0.05) is 42.3 Å². The minimum Gasteiger partial charge on any atom is -0.350 e. The smallest absolute Gasteiger partial charge is 0.291 e. The SMILES string of the molecule is Cn1ncc2c3ccccc3n(CC(=O)NCc3cccnc3)c2c1=O. The number of carbonyl (C=O) groups is 1. The van der Waals surface area contributed by atoms with Crippen LogP contribution in [0, 0.1) is 0 Å². The van der Waals surface area contributed by atoms with Gasteiger partial charge in [-0.1, -0.05) is 24.3 Å². The van der Waals surface area contributed by atoms with Crippen LogP contribution in [0.3, 0.4) is 0 Å². The van der Waals surface area contributed by atoms with Gasteiger partial charge < -0.3 is 9.88 Å². The minimum atomic E-state index is -0.223. The summed E-state index contributed by atoms with van der Waals surface area (Å²) in [5.41, 5.74) is 2.02. The van der Waals surface area contributed by atoms with Crippen molar-refractivity contribution in [2.24, 2.45) is 7.05 Å². The molecule has 7 heteroatoms. The molecule has 4 aromatic rings. The van der Waals surface area contributed by atoms with E-state index in [1.54, 1.807) is 30.2 Å². The van der Waals surface area contributed by atoms with Gasteiger partial charge in [-0.25, -0.2) is 4.68 Å². The van der Waals surface area contributed by atoms with E-state index in [1.807, 2.05) is 36.4 Å². The third-order valence-electron chi connectivity index (χ3n) is 4.38. The van der Waals surface area contributed by atoms with E-state index in [2.05, 4.69) is 15.4 Å². The number of hydrogen-bond acceptors (Lipinski definition) is 4. The average Bonchev–Trinajstić information content (AvgIpc) is 2.98. The van der Waals surface area contributed by atoms with Crippen molar-refractivity contribution in [1.29, 1.82) is 0 Å². The Balaban J connectivity index is 1.72. The second-order valence-corrected chi connectivity index (χ2v) is 6.08. The maximum Gasteiger partial charge on any atom is 0.291 e. The van der Waals surface area contributed by atoms with Gasteiger partial charge in [-0.3, -0.25) is 14.6 Å². The molecule has 0 bridgehead atoms. The number of carbonyl (C=O) groups excluding carboxylic acids is 1. The molecule has 0 aliphatic carbocycles. The van der Waals surface area contributed by atoms with Gasteiger partial charge in [0.25, 0.3) is 5.56 Å². The molecule has 0 aliphatic rings. The lowest BCUT2D eigenvalue weighted by Gasteiger charge is -2.09. The number of nitrogens with zero attached hydrogens (tertiary/aromatic N) is 4. The Bertz CT molecular complexity index is 1160. The highest BCUT2D eigenvalue weighted by molar-refractivity contribution is 6.07. The second-order valence-electron chi connectivity index (χ2n) is 6.08. The van der Waals surface area contributed by atoms with Gasteiger partial charge in [0.05, 0.1) is 6.20 Å². The molecular weight excluding hydrogens is 330 g/mol. The number of hydrogen-bond donors (Lipinski definition) is 1. The number of benzene rings is 1. The normalized spacial score (nSPS) is 11.1. The van der Waals surface area contributed by atoms with Crippen molar-refractivity contribution in [2.75, 3.05) is 0 Å². The van der Waals surface area contributed by atoms with Crippen molar-refractivity contribution in [3.63, 3.8) is 0 Å². The maximum absolute atomic E-state index is 12.6. The molecule has 0 atom stereocenters. The molecule has 3 heterocycles. The fourth-order valence-electron chi connectivity index (χ4n) is 3.11. The van der Waals surface area contributed by atoms with E-state index in [0.717, 1.165) is 21.9 Å². The van der Waals surface area contributed by atoms with E-state index in [0.29, 0.717) is 12.1 Å². The first-order valence-corrected chi connectivity index (χ1v) is 8.24. The van der Waals surface area contributed by atoms with Gasteiger partial charge in [-0.05, 0) is 17.7 Å². The first-order valence-electron chi connectivity index (χ1n) is 8.24. The van der Waals surface area contributed by atoms with Crippen molar-refractivity contribution in [1.82, 2.24) is 24.6 Å². The van der Waals surface area contributed by atoms with Crippen LogP contribution in [0.1, 0.15) is 5.56 Å². The fraction of sp³-hybridized carbons (Fsp3) is 0.158. The van der Waals surface area contributed by atoms with E-state index in [4.69, 9.17) is 0 Å². The zero-order valence-corrected chi connectivity index (χ0v) is 14.2. The molecule has 130 valence electrons. The van der Waals surface area contributed by atoms with E-state index >= 15 is 0 Å². The summed E-state index contributed by atoms with van der Waals surface area (Å²) in [6.07, 6.45) is 5.07. The Morgan fingerprint density at radius 1 is 1.12 bits per heavy atom. The van der Waals surface area contributed by atoms with E-state index in [1.165, 1.54) is 4.68 Å². The minimum absolute atomic E-state index is 0.0591. The monoisotopic (exact) mass is 347 g/mol. The molecule has 0 aliphatic heterocycles. The molecule has 0 unspecified atom stereocenters. The van der Waals surface area contributed by atoms with Crippen LogP contribution in [0.5, 0.6) is 0 Å². The lowest BCUT2D eigenvalue weighted by molar-refractivity contribution is -0.121. The van der Waals surface area contributed by atoms with E-state index in [9.17, 15) is 9.59 Å².